The van der Waals surface area contributed by atoms with Gasteiger partial charge in [-0.05, 0) is 44.0 Å². The average molecular weight is 287 g/mol. The number of carboxylic acids is 1. The third kappa shape index (κ3) is 4.07. The van der Waals surface area contributed by atoms with Crippen molar-refractivity contribution in [3.05, 3.63) is 23.7 Å². The summed E-state index contributed by atoms with van der Waals surface area (Å²) in [4.78, 5) is 10.6. The summed E-state index contributed by atoms with van der Waals surface area (Å²) in [6.45, 7) is 1.66. The van der Waals surface area contributed by atoms with Crippen molar-refractivity contribution in [1.29, 1.82) is 0 Å². The Bertz CT molecular complexity index is 542. The normalized spacial score (nSPS) is 20.3. The van der Waals surface area contributed by atoms with E-state index in [4.69, 9.17) is 9.52 Å². The fraction of sp³-hybridized carbons (Fsp3) is 0.583. The van der Waals surface area contributed by atoms with Gasteiger partial charge in [-0.2, -0.15) is 0 Å². The minimum absolute atomic E-state index is 0.114. The first kappa shape index (κ1) is 14.1. The predicted octanol–water partition coefficient (Wildman–Crippen LogP) is 0.892. The minimum atomic E-state index is -3.27. The van der Waals surface area contributed by atoms with Gasteiger partial charge < -0.3 is 14.8 Å². The molecule has 6 nitrogen and oxygen atoms in total. The fourth-order valence-corrected chi connectivity index (χ4v) is 3.98. The van der Waals surface area contributed by atoms with E-state index in [0.717, 1.165) is 25.9 Å². The number of hydrogen-bond acceptors (Lipinski definition) is 5. The van der Waals surface area contributed by atoms with Crippen LogP contribution in [0.3, 0.4) is 0 Å². The molecule has 19 heavy (non-hydrogen) atoms. The average Bonchev–Trinajstić information content (AvgIpc) is 2.77. The third-order valence-electron chi connectivity index (χ3n) is 3.12. The largest absolute Gasteiger partial charge is 0.475 e. The third-order valence-corrected chi connectivity index (χ3v) is 4.83. The van der Waals surface area contributed by atoms with Gasteiger partial charge in [-0.25, -0.2) is 13.2 Å². The van der Waals surface area contributed by atoms with Gasteiger partial charge >= 0.3 is 5.97 Å². The molecule has 2 rings (SSSR count). The van der Waals surface area contributed by atoms with Crippen LogP contribution < -0.4 is 5.32 Å². The maximum atomic E-state index is 12.0. The number of aromatic carboxylic acids is 1. The van der Waals surface area contributed by atoms with Crippen molar-refractivity contribution in [2.45, 2.75) is 18.6 Å². The van der Waals surface area contributed by atoms with Gasteiger partial charge in [-0.15, -0.1) is 0 Å². The molecule has 1 atom stereocenters. The number of sulfone groups is 1. The second kappa shape index (κ2) is 5.75. The van der Waals surface area contributed by atoms with E-state index < -0.39 is 15.8 Å². The molecule has 2 heterocycles. The molecular weight excluding hydrogens is 270 g/mol. The first-order chi connectivity index (χ1) is 8.96. The van der Waals surface area contributed by atoms with Crippen molar-refractivity contribution in [2.75, 3.05) is 18.8 Å². The van der Waals surface area contributed by atoms with Crippen LogP contribution in [0.1, 0.15) is 29.2 Å². The summed E-state index contributed by atoms with van der Waals surface area (Å²) in [5, 5.41) is 11.9. The molecule has 0 bridgehead atoms. The fourth-order valence-electron chi connectivity index (χ4n) is 2.27. The molecule has 0 amide bonds. The van der Waals surface area contributed by atoms with Crippen LogP contribution in [0.2, 0.25) is 0 Å². The van der Waals surface area contributed by atoms with Crippen LogP contribution in [0.25, 0.3) is 0 Å². The van der Waals surface area contributed by atoms with E-state index in [1.54, 1.807) is 0 Å². The Hall–Kier alpha value is -1.34. The zero-order valence-corrected chi connectivity index (χ0v) is 11.3. The molecule has 1 fully saturated rings. The lowest BCUT2D eigenvalue weighted by Crippen LogP contribution is -2.34. The molecule has 0 aromatic carbocycles. The van der Waals surface area contributed by atoms with Crippen molar-refractivity contribution in [3.8, 4) is 0 Å². The number of hydrogen-bond donors (Lipinski definition) is 2. The molecule has 2 N–H and O–H groups in total. The molecule has 0 saturated carbocycles. The summed E-state index contributed by atoms with van der Waals surface area (Å²) in [6, 6.07) is 2.68. The van der Waals surface area contributed by atoms with Crippen molar-refractivity contribution < 1.29 is 22.7 Å². The Kier molecular flexibility index (Phi) is 4.26. The molecule has 106 valence electrons. The monoisotopic (exact) mass is 287 g/mol. The Labute approximate surface area is 111 Å². The number of nitrogens with one attached hydrogen (secondary N) is 1. The van der Waals surface area contributed by atoms with Gasteiger partial charge in [-0.3, -0.25) is 0 Å². The first-order valence-electron chi connectivity index (χ1n) is 6.19. The van der Waals surface area contributed by atoms with E-state index >= 15 is 0 Å². The predicted molar refractivity (Wildman–Crippen MR) is 68.8 cm³/mol. The van der Waals surface area contributed by atoms with E-state index in [2.05, 4.69) is 5.32 Å². The van der Waals surface area contributed by atoms with E-state index in [1.807, 2.05) is 0 Å². The number of carbonyl (C=O) groups is 1. The Morgan fingerprint density at radius 1 is 1.47 bits per heavy atom. The quantitative estimate of drug-likeness (QED) is 0.835. The van der Waals surface area contributed by atoms with E-state index in [1.165, 1.54) is 12.1 Å². The smallest absolute Gasteiger partial charge is 0.371 e. The van der Waals surface area contributed by atoms with Crippen LogP contribution in [0.4, 0.5) is 0 Å². The second-order valence-corrected chi connectivity index (χ2v) is 6.95. The maximum absolute atomic E-state index is 12.0. The van der Waals surface area contributed by atoms with Gasteiger partial charge in [0.1, 0.15) is 11.5 Å². The highest BCUT2D eigenvalue weighted by atomic mass is 32.2. The summed E-state index contributed by atoms with van der Waals surface area (Å²) in [5.41, 5.74) is 0. The van der Waals surface area contributed by atoms with E-state index in [9.17, 15) is 13.2 Å². The Morgan fingerprint density at radius 3 is 2.84 bits per heavy atom. The topological polar surface area (TPSA) is 96.6 Å². The summed E-state index contributed by atoms with van der Waals surface area (Å²) < 4.78 is 29.0. The summed E-state index contributed by atoms with van der Waals surface area (Å²) in [7, 11) is -3.27. The van der Waals surface area contributed by atoms with Gasteiger partial charge in [0.05, 0.1) is 5.75 Å². The Balaban J connectivity index is 1.97. The van der Waals surface area contributed by atoms with Crippen LogP contribution in [0, 0.1) is 5.92 Å². The zero-order valence-electron chi connectivity index (χ0n) is 10.5. The lowest BCUT2D eigenvalue weighted by molar-refractivity contribution is 0.0660. The molecule has 1 aromatic rings. The number of carboxylic acid groups (broad SMARTS) is 1. The number of furan rings is 1. The highest BCUT2D eigenvalue weighted by molar-refractivity contribution is 7.90. The highest BCUT2D eigenvalue weighted by Crippen LogP contribution is 2.17. The number of rotatable bonds is 5. The molecule has 1 aromatic heterocycles. The van der Waals surface area contributed by atoms with Crippen LogP contribution in [0.15, 0.2) is 16.5 Å². The SMILES string of the molecule is O=C(O)c1ccc(CS(=O)(=O)CC2CCCNC2)o1. The molecular formula is C12H17NO5S. The van der Waals surface area contributed by atoms with Gasteiger partial charge in [0, 0.05) is 0 Å². The van der Waals surface area contributed by atoms with Gasteiger partial charge in [0.2, 0.25) is 5.76 Å². The van der Waals surface area contributed by atoms with Crippen LogP contribution in [-0.4, -0.2) is 38.3 Å². The maximum Gasteiger partial charge on any atom is 0.371 e. The first-order valence-corrected chi connectivity index (χ1v) is 8.01. The van der Waals surface area contributed by atoms with E-state index in [0.29, 0.717) is 0 Å². The number of piperidine rings is 1. The molecule has 0 spiro atoms. The lowest BCUT2D eigenvalue weighted by atomic mass is 10.0. The van der Waals surface area contributed by atoms with Crippen molar-refractivity contribution >= 4 is 15.8 Å². The van der Waals surface area contributed by atoms with Gasteiger partial charge in [0.15, 0.2) is 9.84 Å². The summed E-state index contributed by atoms with van der Waals surface area (Å²) >= 11 is 0. The molecule has 0 aliphatic carbocycles. The second-order valence-electron chi connectivity index (χ2n) is 4.84. The Morgan fingerprint density at radius 2 is 2.26 bits per heavy atom. The van der Waals surface area contributed by atoms with E-state index in [-0.39, 0.29) is 28.9 Å². The molecule has 1 unspecified atom stereocenters. The van der Waals surface area contributed by atoms with Gasteiger partial charge in [0.25, 0.3) is 0 Å². The lowest BCUT2D eigenvalue weighted by Gasteiger charge is -2.22. The van der Waals surface area contributed by atoms with Crippen LogP contribution in [0.5, 0.6) is 0 Å². The molecule has 1 aliphatic rings. The van der Waals surface area contributed by atoms with Crippen molar-refractivity contribution in [3.63, 3.8) is 0 Å². The summed E-state index contributed by atoms with van der Waals surface area (Å²) in [6.07, 6.45) is 1.90. The highest BCUT2D eigenvalue weighted by Gasteiger charge is 2.23. The summed E-state index contributed by atoms with van der Waals surface area (Å²) in [5.74, 6) is -1.24. The molecule has 1 saturated heterocycles. The molecule has 0 radical (unpaired) electrons. The minimum Gasteiger partial charge on any atom is -0.475 e. The van der Waals surface area contributed by atoms with Crippen molar-refractivity contribution in [1.82, 2.24) is 5.32 Å². The van der Waals surface area contributed by atoms with Crippen LogP contribution in [-0.2, 0) is 15.6 Å². The molecule has 7 heteroatoms. The zero-order chi connectivity index (χ0) is 13.9. The standard InChI is InChI=1S/C12H17NO5S/c14-12(15)11-4-3-10(18-11)8-19(16,17)7-9-2-1-5-13-6-9/h3-4,9,13H,1-2,5-8H2,(H,14,15). The molecule has 1 aliphatic heterocycles. The van der Waals surface area contributed by atoms with Crippen molar-refractivity contribution in [2.24, 2.45) is 5.92 Å². The van der Waals surface area contributed by atoms with Gasteiger partial charge in [-0.1, -0.05) is 0 Å². The van der Waals surface area contributed by atoms with Crippen LogP contribution >= 0.6 is 0 Å².